The van der Waals surface area contributed by atoms with Gasteiger partial charge in [-0.15, -0.1) is 0 Å². The minimum absolute atomic E-state index is 0.140. The minimum Gasteiger partial charge on any atom is -0.468 e. The van der Waals surface area contributed by atoms with E-state index in [9.17, 15) is 14.0 Å². The first-order valence-electron chi connectivity index (χ1n) is 7.86. The molecule has 0 aliphatic carbocycles. The van der Waals surface area contributed by atoms with Gasteiger partial charge in [0.1, 0.15) is 18.1 Å². The molecule has 8 heteroatoms. The topological polar surface area (TPSA) is 49.9 Å². The molecule has 0 bridgehead atoms. The van der Waals surface area contributed by atoms with Crippen LogP contribution in [-0.4, -0.2) is 35.5 Å². The van der Waals surface area contributed by atoms with Crippen LogP contribution < -0.4 is 4.90 Å². The number of hydrogen-bond acceptors (Lipinski definition) is 4. The van der Waals surface area contributed by atoms with E-state index in [0.29, 0.717) is 16.3 Å². The van der Waals surface area contributed by atoms with E-state index in [1.807, 2.05) is 0 Å². The van der Waals surface area contributed by atoms with Crippen molar-refractivity contribution in [1.29, 1.82) is 0 Å². The third-order valence-electron chi connectivity index (χ3n) is 3.91. The molecule has 1 saturated heterocycles. The number of carbonyl (C=O) groups excluding carboxylic acids is 2. The van der Waals surface area contributed by atoms with Gasteiger partial charge in [-0.1, -0.05) is 23.7 Å². The van der Waals surface area contributed by atoms with Gasteiger partial charge in [0.25, 0.3) is 5.91 Å². The molecule has 2 aromatic carbocycles. The van der Waals surface area contributed by atoms with Crippen LogP contribution in [0.2, 0.25) is 5.02 Å². The number of thiocarbonyl (C=S) groups is 1. The molecular weight excluding hydrogens is 391 g/mol. The largest absolute Gasteiger partial charge is 0.468 e. The molecule has 1 aliphatic rings. The van der Waals surface area contributed by atoms with Crippen molar-refractivity contribution in [3.8, 4) is 0 Å². The number of rotatable bonds is 4. The average Bonchev–Trinajstić information content (AvgIpc) is 2.88. The molecule has 1 fully saturated rings. The highest BCUT2D eigenvalue weighted by atomic mass is 35.5. The molecule has 27 heavy (non-hydrogen) atoms. The predicted molar refractivity (Wildman–Crippen MR) is 105 cm³/mol. The summed E-state index contributed by atoms with van der Waals surface area (Å²) in [5.41, 5.74) is 1.30. The average molecular weight is 405 g/mol. The van der Waals surface area contributed by atoms with Gasteiger partial charge in [-0.05, 0) is 60.3 Å². The molecule has 1 amide bonds. The van der Waals surface area contributed by atoms with Crippen LogP contribution in [0.15, 0.2) is 54.2 Å². The molecule has 0 N–H and O–H groups in total. The number of amides is 1. The van der Waals surface area contributed by atoms with Crippen molar-refractivity contribution < 1.29 is 18.7 Å². The zero-order chi connectivity index (χ0) is 19.6. The van der Waals surface area contributed by atoms with Gasteiger partial charge >= 0.3 is 5.97 Å². The predicted octanol–water partition coefficient (Wildman–Crippen LogP) is 3.63. The van der Waals surface area contributed by atoms with E-state index in [2.05, 4.69) is 0 Å². The van der Waals surface area contributed by atoms with Gasteiger partial charge in [0.15, 0.2) is 5.11 Å². The summed E-state index contributed by atoms with van der Waals surface area (Å²) in [5, 5.41) is 0.658. The Balaban J connectivity index is 2.03. The van der Waals surface area contributed by atoms with Crippen molar-refractivity contribution in [2.75, 3.05) is 18.6 Å². The lowest BCUT2D eigenvalue weighted by atomic mass is 10.1. The summed E-state index contributed by atoms with van der Waals surface area (Å²) in [7, 11) is 1.25. The monoisotopic (exact) mass is 404 g/mol. The first-order valence-corrected chi connectivity index (χ1v) is 8.65. The molecule has 0 spiro atoms. The van der Waals surface area contributed by atoms with E-state index in [1.54, 1.807) is 30.3 Å². The van der Waals surface area contributed by atoms with Gasteiger partial charge in [0.2, 0.25) is 0 Å². The molecule has 0 unspecified atom stereocenters. The maximum atomic E-state index is 13.2. The Hall–Kier alpha value is -2.77. The van der Waals surface area contributed by atoms with Crippen LogP contribution in [0.5, 0.6) is 0 Å². The summed E-state index contributed by atoms with van der Waals surface area (Å²) >= 11 is 11.3. The fourth-order valence-electron chi connectivity index (χ4n) is 2.56. The van der Waals surface area contributed by atoms with Crippen LogP contribution in [0, 0.1) is 5.82 Å². The van der Waals surface area contributed by atoms with Crippen LogP contribution in [0.1, 0.15) is 5.56 Å². The highest BCUT2D eigenvalue weighted by Gasteiger charge is 2.40. The van der Waals surface area contributed by atoms with Crippen molar-refractivity contribution >= 4 is 52.6 Å². The summed E-state index contributed by atoms with van der Waals surface area (Å²) in [6.45, 7) is -0.224. The standard InChI is InChI=1S/C19H14ClFN2O3S/c1-26-17(24)11-22-16(10-12-2-6-14(21)7-3-12)18(25)23(19(22)27)15-8-4-13(20)5-9-15/h2-10H,11H2,1H3/b16-10-. The van der Waals surface area contributed by atoms with Crippen LogP contribution in [0.4, 0.5) is 10.1 Å². The summed E-state index contributed by atoms with van der Waals surface area (Å²) in [6.07, 6.45) is 1.55. The van der Waals surface area contributed by atoms with Crippen molar-refractivity contribution in [3.63, 3.8) is 0 Å². The maximum Gasteiger partial charge on any atom is 0.325 e. The van der Waals surface area contributed by atoms with Gasteiger partial charge in [-0.3, -0.25) is 14.5 Å². The number of hydrogen-bond donors (Lipinski definition) is 0. The van der Waals surface area contributed by atoms with E-state index in [4.69, 9.17) is 28.6 Å². The van der Waals surface area contributed by atoms with Crippen LogP contribution in [0.3, 0.4) is 0 Å². The number of esters is 1. The molecule has 3 rings (SSSR count). The number of methoxy groups -OCH3 is 1. The smallest absolute Gasteiger partial charge is 0.325 e. The zero-order valence-corrected chi connectivity index (χ0v) is 15.8. The van der Waals surface area contributed by atoms with Gasteiger partial charge in [-0.2, -0.15) is 0 Å². The first-order chi connectivity index (χ1) is 12.9. The molecule has 5 nitrogen and oxygen atoms in total. The third-order valence-corrected chi connectivity index (χ3v) is 4.56. The molecule has 2 aromatic rings. The quantitative estimate of drug-likeness (QED) is 0.442. The molecule has 0 aromatic heterocycles. The number of anilines is 1. The van der Waals surface area contributed by atoms with E-state index < -0.39 is 11.9 Å². The summed E-state index contributed by atoms with van der Waals surface area (Å²) in [4.78, 5) is 27.5. The Morgan fingerprint density at radius 3 is 2.41 bits per heavy atom. The van der Waals surface area contributed by atoms with Crippen molar-refractivity contribution in [3.05, 3.63) is 70.6 Å². The van der Waals surface area contributed by atoms with Crippen molar-refractivity contribution in [2.45, 2.75) is 0 Å². The highest BCUT2D eigenvalue weighted by molar-refractivity contribution is 7.80. The molecule has 0 radical (unpaired) electrons. The highest BCUT2D eigenvalue weighted by Crippen LogP contribution is 2.30. The number of ether oxygens (including phenoxy) is 1. The maximum absolute atomic E-state index is 13.2. The van der Waals surface area contributed by atoms with E-state index in [0.717, 1.165) is 0 Å². The van der Waals surface area contributed by atoms with Gasteiger partial charge < -0.3 is 9.64 Å². The summed E-state index contributed by atoms with van der Waals surface area (Å²) in [6, 6.07) is 12.2. The van der Waals surface area contributed by atoms with Crippen molar-refractivity contribution in [1.82, 2.24) is 4.90 Å². The van der Waals surface area contributed by atoms with Crippen LogP contribution in [-0.2, 0) is 14.3 Å². The normalized spacial score (nSPS) is 15.6. The Morgan fingerprint density at radius 1 is 1.19 bits per heavy atom. The lowest BCUT2D eigenvalue weighted by molar-refractivity contribution is -0.140. The Labute approximate surface area is 165 Å². The minimum atomic E-state index is -0.548. The third kappa shape index (κ3) is 3.99. The molecule has 1 aliphatic heterocycles. The molecular formula is C19H14ClFN2O3S. The number of halogens is 2. The second kappa shape index (κ2) is 7.85. The second-order valence-electron chi connectivity index (χ2n) is 5.64. The second-order valence-corrected chi connectivity index (χ2v) is 6.44. The zero-order valence-electron chi connectivity index (χ0n) is 14.2. The van der Waals surface area contributed by atoms with E-state index in [-0.39, 0.29) is 23.2 Å². The van der Waals surface area contributed by atoms with Gasteiger partial charge in [-0.25, -0.2) is 4.39 Å². The Kier molecular flexibility index (Phi) is 5.53. The molecule has 1 heterocycles. The molecule has 0 atom stereocenters. The first kappa shape index (κ1) is 19.0. The molecule has 138 valence electrons. The Morgan fingerprint density at radius 2 is 1.81 bits per heavy atom. The fourth-order valence-corrected chi connectivity index (χ4v) is 3.04. The van der Waals surface area contributed by atoms with Crippen molar-refractivity contribution in [2.24, 2.45) is 0 Å². The number of benzene rings is 2. The van der Waals surface area contributed by atoms with Gasteiger partial charge in [0.05, 0.1) is 12.8 Å². The number of nitrogens with zero attached hydrogens (tertiary/aromatic N) is 2. The molecule has 0 saturated carbocycles. The van der Waals surface area contributed by atoms with E-state index >= 15 is 0 Å². The summed E-state index contributed by atoms with van der Waals surface area (Å²) in [5.74, 6) is -1.34. The lowest BCUT2D eigenvalue weighted by Crippen LogP contribution is -2.35. The summed E-state index contributed by atoms with van der Waals surface area (Å²) < 4.78 is 17.9. The Bertz CT molecular complexity index is 929. The van der Waals surface area contributed by atoms with E-state index in [1.165, 1.54) is 41.2 Å². The lowest BCUT2D eigenvalue weighted by Gasteiger charge is -2.19. The fraction of sp³-hybridized carbons (Fsp3) is 0.105. The number of carbonyl (C=O) groups is 2. The van der Waals surface area contributed by atoms with Gasteiger partial charge in [0, 0.05) is 5.02 Å². The SMILES string of the molecule is COC(=O)CN1C(=S)N(c2ccc(Cl)cc2)C(=O)/C1=C/c1ccc(F)cc1. The van der Waals surface area contributed by atoms with Crippen LogP contribution in [0.25, 0.3) is 6.08 Å². The van der Waals surface area contributed by atoms with Crippen LogP contribution >= 0.6 is 23.8 Å².